The zero-order valence-corrected chi connectivity index (χ0v) is 23.7. The van der Waals surface area contributed by atoms with Crippen LogP contribution in [0.4, 0.5) is 0 Å². The summed E-state index contributed by atoms with van der Waals surface area (Å²) < 4.78 is 64.3. The van der Waals surface area contributed by atoms with Gasteiger partial charge in [0.1, 0.15) is 6.61 Å². The number of nitrogens with two attached hydrogens (primary N) is 1. The van der Waals surface area contributed by atoms with Crippen molar-refractivity contribution in [2.75, 3.05) is 159 Å². The van der Waals surface area contributed by atoms with Crippen molar-refractivity contribution in [2.45, 2.75) is 0 Å². The molecule has 0 aromatic rings. The van der Waals surface area contributed by atoms with Gasteiger partial charge in [0.15, 0.2) is 0 Å². The van der Waals surface area contributed by atoms with Gasteiger partial charge in [-0.25, -0.2) is 0 Å². The van der Waals surface area contributed by atoms with Crippen LogP contribution in [0.2, 0.25) is 0 Å². The highest BCUT2D eigenvalue weighted by Gasteiger charge is 1.96. The van der Waals surface area contributed by atoms with Crippen molar-refractivity contribution in [1.82, 2.24) is 0 Å². The molecule has 13 nitrogen and oxygen atoms in total. The van der Waals surface area contributed by atoms with Crippen LogP contribution in [0.1, 0.15) is 0 Å². The lowest BCUT2D eigenvalue weighted by molar-refractivity contribution is -0.0278. The topological polar surface area (TPSA) is 137 Å². The molecule has 13 heteroatoms. The summed E-state index contributed by atoms with van der Waals surface area (Å²) in [5.74, 6) is 0. The second-order valence-electron chi connectivity index (χ2n) is 7.56. The Morgan fingerprint density at radius 1 is 0.308 bits per heavy atom. The minimum atomic E-state index is 0.503. The van der Waals surface area contributed by atoms with Gasteiger partial charge in [0.2, 0.25) is 0 Å². The fraction of sp³-hybridized carbons (Fsp3) is 0.923. The Bertz CT molecular complexity index is 451. The molecular weight excluding hydrogens is 518 g/mol. The summed E-state index contributed by atoms with van der Waals surface area (Å²) in [6.07, 6.45) is 1.40. The van der Waals surface area contributed by atoms with Crippen LogP contribution in [0, 0.1) is 0 Å². The van der Waals surface area contributed by atoms with Crippen LogP contribution < -0.4 is 5.73 Å². The van der Waals surface area contributed by atoms with E-state index in [1.807, 2.05) is 0 Å². The zero-order chi connectivity index (χ0) is 28.2. The summed E-state index contributed by atoms with van der Waals surface area (Å²) in [6, 6.07) is 0. The SMILES string of the molecule is C=COCCOCCOCCOCCOCCOCCOCCOCCOCCOCCOCCOCCN. The highest BCUT2D eigenvalue weighted by Crippen LogP contribution is 1.87. The Balaban J connectivity index is 3.02. The van der Waals surface area contributed by atoms with Gasteiger partial charge in [-0.1, -0.05) is 6.58 Å². The first kappa shape index (κ1) is 38.1. The van der Waals surface area contributed by atoms with E-state index in [1.54, 1.807) is 0 Å². The summed E-state index contributed by atoms with van der Waals surface area (Å²) in [4.78, 5) is 0. The van der Waals surface area contributed by atoms with E-state index in [2.05, 4.69) is 6.58 Å². The first-order valence-electron chi connectivity index (χ1n) is 13.7. The lowest BCUT2D eigenvalue weighted by Crippen LogP contribution is -2.15. The average Bonchev–Trinajstić information content (AvgIpc) is 2.95. The lowest BCUT2D eigenvalue weighted by atomic mass is 10.6. The van der Waals surface area contributed by atoms with Crippen LogP contribution in [0.3, 0.4) is 0 Å². The third kappa shape index (κ3) is 37.1. The summed E-state index contributed by atoms with van der Waals surface area (Å²) in [6.45, 7) is 16.0. The van der Waals surface area contributed by atoms with E-state index in [0.717, 1.165) is 0 Å². The Morgan fingerprint density at radius 3 is 0.667 bits per heavy atom. The Morgan fingerprint density at radius 2 is 0.487 bits per heavy atom. The van der Waals surface area contributed by atoms with Gasteiger partial charge in [-0.15, -0.1) is 0 Å². The van der Waals surface area contributed by atoms with Gasteiger partial charge in [-0.3, -0.25) is 0 Å². The molecule has 234 valence electrons. The summed E-state index contributed by atoms with van der Waals surface area (Å²) in [7, 11) is 0. The normalized spacial score (nSPS) is 11.3. The second-order valence-corrected chi connectivity index (χ2v) is 7.56. The molecule has 0 saturated carbocycles. The van der Waals surface area contributed by atoms with Crippen molar-refractivity contribution in [3.05, 3.63) is 12.8 Å². The van der Waals surface area contributed by atoms with E-state index in [4.69, 9.17) is 62.6 Å². The van der Waals surface area contributed by atoms with Crippen molar-refractivity contribution < 1.29 is 56.8 Å². The molecule has 0 spiro atoms. The van der Waals surface area contributed by atoms with Crippen molar-refractivity contribution >= 4 is 0 Å². The van der Waals surface area contributed by atoms with E-state index in [-0.39, 0.29) is 0 Å². The first-order chi connectivity index (χ1) is 19.4. The van der Waals surface area contributed by atoms with Gasteiger partial charge in [-0.2, -0.15) is 0 Å². The van der Waals surface area contributed by atoms with E-state index in [1.165, 1.54) is 6.26 Å². The highest BCUT2D eigenvalue weighted by atomic mass is 16.6. The van der Waals surface area contributed by atoms with Gasteiger partial charge in [0.05, 0.1) is 152 Å². The molecule has 0 rings (SSSR count). The third-order valence-corrected chi connectivity index (χ3v) is 4.45. The predicted molar refractivity (Wildman–Crippen MR) is 144 cm³/mol. The van der Waals surface area contributed by atoms with Crippen molar-refractivity contribution in [2.24, 2.45) is 5.73 Å². The van der Waals surface area contributed by atoms with Gasteiger partial charge in [0, 0.05) is 6.54 Å². The van der Waals surface area contributed by atoms with Crippen LogP contribution in [-0.4, -0.2) is 159 Å². The van der Waals surface area contributed by atoms with Gasteiger partial charge < -0.3 is 62.6 Å². The molecule has 0 saturated heterocycles. The molecule has 0 amide bonds. The van der Waals surface area contributed by atoms with E-state index in [0.29, 0.717) is 159 Å². The van der Waals surface area contributed by atoms with Gasteiger partial charge in [-0.05, 0) is 0 Å². The number of hydrogen-bond acceptors (Lipinski definition) is 13. The molecular formula is C26H53NO12. The zero-order valence-electron chi connectivity index (χ0n) is 23.7. The summed E-state index contributed by atoms with van der Waals surface area (Å²) in [5.41, 5.74) is 5.32. The molecule has 0 aliphatic heterocycles. The predicted octanol–water partition coefficient (Wildman–Crippen LogP) is 0.288. The maximum atomic E-state index is 5.46. The quantitative estimate of drug-likeness (QED) is 0.0815. The number of hydrogen-bond donors (Lipinski definition) is 1. The number of rotatable bonds is 36. The lowest BCUT2D eigenvalue weighted by Gasteiger charge is -2.09. The molecule has 0 fully saturated rings. The van der Waals surface area contributed by atoms with Crippen molar-refractivity contribution in [3.63, 3.8) is 0 Å². The minimum Gasteiger partial charge on any atom is -0.499 e. The minimum absolute atomic E-state index is 0.503. The fourth-order valence-corrected chi connectivity index (χ4v) is 2.57. The molecule has 0 bridgehead atoms. The van der Waals surface area contributed by atoms with Crippen molar-refractivity contribution in [1.29, 1.82) is 0 Å². The maximum absolute atomic E-state index is 5.46. The molecule has 2 N–H and O–H groups in total. The Kier molecular flexibility index (Phi) is 36.2. The third-order valence-electron chi connectivity index (χ3n) is 4.45. The van der Waals surface area contributed by atoms with Crippen LogP contribution in [0.15, 0.2) is 12.8 Å². The molecule has 0 heterocycles. The Hall–Kier alpha value is -0.940. The molecule has 0 aliphatic carbocycles. The number of ether oxygens (including phenoxy) is 12. The summed E-state index contributed by atoms with van der Waals surface area (Å²) in [5, 5.41) is 0. The van der Waals surface area contributed by atoms with Crippen LogP contribution >= 0.6 is 0 Å². The largest absolute Gasteiger partial charge is 0.499 e. The molecule has 0 aromatic heterocycles. The smallest absolute Gasteiger partial charge is 0.111 e. The van der Waals surface area contributed by atoms with Gasteiger partial charge >= 0.3 is 0 Å². The van der Waals surface area contributed by atoms with E-state index >= 15 is 0 Å². The second kappa shape index (κ2) is 37.1. The van der Waals surface area contributed by atoms with E-state index < -0.39 is 0 Å². The molecule has 0 radical (unpaired) electrons. The first-order valence-corrected chi connectivity index (χ1v) is 13.7. The maximum Gasteiger partial charge on any atom is 0.111 e. The molecule has 39 heavy (non-hydrogen) atoms. The van der Waals surface area contributed by atoms with Crippen LogP contribution in [0.5, 0.6) is 0 Å². The van der Waals surface area contributed by atoms with Gasteiger partial charge in [0.25, 0.3) is 0 Å². The highest BCUT2D eigenvalue weighted by molar-refractivity contribution is 4.47. The molecule has 0 unspecified atom stereocenters. The molecule has 0 aliphatic rings. The Labute approximate surface area is 234 Å². The standard InChI is InChI=1S/C26H53NO12/c1-2-28-5-6-30-9-10-32-13-14-34-17-18-36-21-22-38-25-26-39-24-23-37-20-19-35-16-15-33-12-11-31-8-7-29-4-3-27/h2H,1,3-27H2. The van der Waals surface area contributed by atoms with E-state index in [9.17, 15) is 0 Å². The van der Waals surface area contributed by atoms with Crippen LogP contribution in [-0.2, 0) is 56.8 Å². The average molecular weight is 572 g/mol. The molecule has 0 atom stereocenters. The summed E-state index contributed by atoms with van der Waals surface area (Å²) >= 11 is 0. The van der Waals surface area contributed by atoms with Crippen LogP contribution in [0.25, 0.3) is 0 Å². The monoisotopic (exact) mass is 571 g/mol. The fourth-order valence-electron chi connectivity index (χ4n) is 2.57. The van der Waals surface area contributed by atoms with Crippen molar-refractivity contribution in [3.8, 4) is 0 Å². The molecule has 0 aromatic carbocycles.